The fourth-order valence-corrected chi connectivity index (χ4v) is 2.51. The third kappa shape index (κ3) is 3.67. The van der Waals surface area contributed by atoms with E-state index in [9.17, 15) is 0 Å². The van der Waals surface area contributed by atoms with Crippen LogP contribution in [0.3, 0.4) is 0 Å². The van der Waals surface area contributed by atoms with Crippen molar-refractivity contribution in [2.45, 2.75) is 6.92 Å². The topological polar surface area (TPSA) is 43.8 Å². The van der Waals surface area contributed by atoms with Crippen molar-refractivity contribution >= 4 is 16.6 Å². The molecule has 0 saturated heterocycles. The Bertz CT molecular complexity index is 608. The molecule has 22 heavy (non-hydrogen) atoms. The van der Waals surface area contributed by atoms with Crippen molar-refractivity contribution in [3.05, 3.63) is 30.0 Å². The Morgan fingerprint density at radius 3 is 2.32 bits per heavy atom. The number of hydrogen-bond donors (Lipinski definition) is 0. The Hall–Kier alpha value is -1.85. The van der Waals surface area contributed by atoms with Gasteiger partial charge >= 0.3 is 0 Å². The number of methoxy groups -OCH3 is 3. The molecular weight excluding hydrogens is 280 g/mol. The minimum Gasteiger partial charge on any atom is -0.494 e. The molecule has 0 saturated carbocycles. The summed E-state index contributed by atoms with van der Waals surface area (Å²) >= 11 is 0. The molecular formula is C17H24N2O3. The summed E-state index contributed by atoms with van der Waals surface area (Å²) in [7, 11) is 5.10. The molecule has 0 aliphatic carbocycles. The lowest BCUT2D eigenvalue weighted by Crippen LogP contribution is -2.31. The van der Waals surface area contributed by atoms with Gasteiger partial charge in [0.1, 0.15) is 11.3 Å². The molecule has 1 heterocycles. The summed E-state index contributed by atoms with van der Waals surface area (Å²) in [5, 5.41) is 1.08. The molecule has 0 radical (unpaired) electrons. The number of para-hydroxylation sites is 1. The second kappa shape index (κ2) is 7.96. The highest BCUT2D eigenvalue weighted by molar-refractivity contribution is 5.95. The van der Waals surface area contributed by atoms with E-state index in [0.29, 0.717) is 13.2 Å². The van der Waals surface area contributed by atoms with Gasteiger partial charge in [-0.1, -0.05) is 12.1 Å². The minimum absolute atomic E-state index is 0.663. The first kappa shape index (κ1) is 16.5. The van der Waals surface area contributed by atoms with E-state index in [2.05, 4.69) is 22.0 Å². The number of anilines is 1. The molecule has 0 amide bonds. The van der Waals surface area contributed by atoms with Crippen LogP contribution in [0.1, 0.15) is 5.69 Å². The smallest absolute Gasteiger partial charge is 0.145 e. The van der Waals surface area contributed by atoms with Crippen LogP contribution in [0.25, 0.3) is 10.9 Å². The van der Waals surface area contributed by atoms with Gasteiger partial charge in [0.2, 0.25) is 0 Å². The molecule has 1 aromatic carbocycles. The van der Waals surface area contributed by atoms with Crippen LogP contribution >= 0.6 is 0 Å². The predicted molar refractivity (Wildman–Crippen MR) is 89.0 cm³/mol. The molecule has 0 spiro atoms. The van der Waals surface area contributed by atoms with E-state index in [1.807, 2.05) is 19.1 Å². The summed E-state index contributed by atoms with van der Waals surface area (Å²) in [5.74, 6) is 0.792. The van der Waals surface area contributed by atoms with Crippen LogP contribution < -0.4 is 9.64 Å². The van der Waals surface area contributed by atoms with Crippen LogP contribution in [0.5, 0.6) is 5.75 Å². The number of aryl methyl sites for hydroxylation is 1. The van der Waals surface area contributed by atoms with Crippen molar-refractivity contribution in [2.24, 2.45) is 0 Å². The Kier molecular flexibility index (Phi) is 5.98. The molecule has 0 aliphatic rings. The normalized spacial score (nSPS) is 10.9. The SMILES string of the molecule is COCCN(CCOC)c1cc(C)nc2c(OC)cccc12. The third-order valence-electron chi connectivity index (χ3n) is 3.60. The van der Waals surface area contributed by atoms with Crippen molar-refractivity contribution in [1.29, 1.82) is 0 Å². The van der Waals surface area contributed by atoms with Crippen LogP contribution in [0.2, 0.25) is 0 Å². The van der Waals surface area contributed by atoms with Crippen LogP contribution in [-0.4, -0.2) is 52.6 Å². The van der Waals surface area contributed by atoms with Crippen LogP contribution in [0.4, 0.5) is 5.69 Å². The Morgan fingerprint density at radius 2 is 1.73 bits per heavy atom. The first-order valence-electron chi connectivity index (χ1n) is 7.38. The second-order valence-corrected chi connectivity index (χ2v) is 5.11. The number of ether oxygens (including phenoxy) is 3. The number of pyridine rings is 1. The van der Waals surface area contributed by atoms with Crippen LogP contribution in [0.15, 0.2) is 24.3 Å². The van der Waals surface area contributed by atoms with Gasteiger partial charge in [-0.3, -0.25) is 0 Å². The van der Waals surface area contributed by atoms with Gasteiger partial charge in [0, 0.05) is 44.1 Å². The minimum atomic E-state index is 0.663. The van der Waals surface area contributed by atoms with Crippen molar-refractivity contribution in [1.82, 2.24) is 4.98 Å². The van der Waals surface area contributed by atoms with E-state index < -0.39 is 0 Å². The molecule has 0 aliphatic heterocycles. The fourth-order valence-electron chi connectivity index (χ4n) is 2.51. The maximum absolute atomic E-state index is 5.45. The van der Waals surface area contributed by atoms with Crippen LogP contribution in [-0.2, 0) is 9.47 Å². The van der Waals surface area contributed by atoms with Gasteiger partial charge in [0.15, 0.2) is 0 Å². The third-order valence-corrected chi connectivity index (χ3v) is 3.60. The highest BCUT2D eigenvalue weighted by atomic mass is 16.5. The van der Waals surface area contributed by atoms with Gasteiger partial charge in [-0.25, -0.2) is 4.98 Å². The molecule has 0 fully saturated rings. The maximum Gasteiger partial charge on any atom is 0.145 e. The van der Waals surface area contributed by atoms with Gasteiger partial charge in [-0.05, 0) is 19.1 Å². The lowest BCUT2D eigenvalue weighted by atomic mass is 10.1. The van der Waals surface area contributed by atoms with E-state index in [-0.39, 0.29) is 0 Å². The first-order valence-corrected chi connectivity index (χ1v) is 7.38. The summed E-state index contributed by atoms with van der Waals surface area (Å²) < 4.78 is 15.9. The fraction of sp³-hybridized carbons (Fsp3) is 0.471. The van der Waals surface area contributed by atoms with E-state index in [0.717, 1.165) is 41.1 Å². The number of hydrogen-bond acceptors (Lipinski definition) is 5. The molecule has 0 atom stereocenters. The predicted octanol–water partition coefficient (Wildman–Crippen LogP) is 2.65. The number of benzene rings is 1. The van der Waals surface area contributed by atoms with Gasteiger partial charge in [0.25, 0.3) is 0 Å². The Balaban J connectivity index is 2.50. The van der Waals surface area contributed by atoms with Crippen molar-refractivity contribution in [3.63, 3.8) is 0 Å². The number of fused-ring (bicyclic) bond motifs is 1. The summed E-state index contributed by atoms with van der Waals surface area (Å²) in [6.45, 7) is 4.93. The molecule has 0 N–H and O–H groups in total. The van der Waals surface area contributed by atoms with Gasteiger partial charge in [-0.15, -0.1) is 0 Å². The zero-order valence-electron chi connectivity index (χ0n) is 13.8. The van der Waals surface area contributed by atoms with Crippen molar-refractivity contribution in [2.75, 3.05) is 52.5 Å². The quantitative estimate of drug-likeness (QED) is 0.750. The average molecular weight is 304 g/mol. The molecule has 2 aromatic rings. The van der Waals surface area contributed by atoms with E-state index >= 15 is 0 Å². The van der Waals surface area contributed by atoms with Crippen LogP contribution in [0, 0.1) is 6.92 Å². The number of nitrogens with zero attached hydrogens (tertiary/aromatic N) is 2. The molecule has 2 rings (SSSR count). The van der Waals surface area contributed by atoms with Crippen molar-refractivity contribution in [3.8, 4) is 5.75 Å². The molecule has 5 nitrogen and oxygen atoms in total. The largest absolute Gasteiger partial charge is 0.494 e. The van der Waals surface area contributed by atoms with E-state index in [4.69, 9.17) is 14.2 Å². The summed E-state index contributed by atoms with van der Waals surface area (Å²) in [6.07, 6.45) is 0. The highest BCUT2D eigenvalue weighted by Gasteiger charge is 2.14. The Morgan fingerprint density at radius 1 is 1.05 bits per heavy atom. The monoisotopic (exact) mass is 304 g/mol. The number of rotatable bonds is 8. The summed E-state index contributed by atoms with van der Waals surface area (Å²) in [6, 6.07) is 8.11. The molecule has 5 heteroatoms. The van der Waals surface area contributed by atoms with Gasteiger partial charge in [0.05, 0.1) is 20.3 Å². The zero-order valence-corrected chi connectivity index (χ0v) is 13.8. The second-order valence-electron chi connectivity index (χ2n) is 5.11. The highest BCUT2D eigenvalue weighted by Crippen LogP contribution is 2.32. The number of aromatic nitrogens is 1. The first-order chi connectivity index (χ1) is 10.7. The standard InChI is InChI=1S/C17H24N2O3/c1-13-12-15(19(8-10-20-2)9-11-21-3)14-6-5-7-16(22-4)17(14)18-13/h5-7,12H,8-11H2,1-4H3. The Labute approximate surface area is 131 Å². The molecule has 0 bridgehead atoms. The maximum atomic E-state index is 5.45. The summed E-state index contributed by atoms with van der Waals surface area (Å²) in [5.41, 5.74) is 2.99. The zero-order chi connectivity index (χ0) is 15.9. The molecule has 1 aromatic heterocycles. The summed E-state index contributed by atoms with van der Waals surface area (Å²) in [4.78, 5) is 6.90. The van der Waals surface area contributed by atoms with Gasteiger partial charge in [-0.2, -0.15) is 0 Å². The average Bonchev–Trinajstić information content (AvgIpc) is 2.54. The van der Waals surface area contributed by atoms with E-state index in [1.54, 1.807) is 21.3 Å². The van der Waals surface area contributed by atoms with Crippen molar-refractivity contribution < 1.29 is 14.2 Å². The lowest BCUT2D eigenvalue weighted by Gasteiger charge is -2.26. The molecule has 0 unspecified atom stereocenters. The van der Waals surface area contributed by atoms with E-state index in [1.165, 1.54) is 0 Å². The molecule has 120 valence electrons. The lowest BCUT2D eigenvalue weighted by molar-refractivity contribution is 0.190. The van der Waals surface area contributed by atoms with Gasteiger partial charge < -0.3 is 19.1 Å².